The molecule has 0 aliphatic carbocycles. The van der Waals surface area contributed by atoms with E-state index in [2.05, 4.69) is 10.2 Å². The largest absolute Gasteiger partial charge is 0.426 e. The number of carbonyl (C=O) groups is 1. The molecule has 1 aromatic carbocycles. The SMILES string of the molecule is Cc1nnc(CCC(=O)N(C)c2ccccc2)o1. The third-order valence-electron chi connectivity index (χ3n) is 2.64. The highest BCUT2D eigenvalue weighted by Crippen LogP contribution is 2.13. The lowest BCUT2D eigenvalue weighted by Gasteiger charge is -2.16. The fraction of sp³-hybridized carbons (Fsp3) is 0.308. The molecule has 0 aliphatic heterocycles. The second kappa shape index (κ2) is 5.44. The third-order valence-corrected chi connectivity index (χ3v) is 2.64. The summed E-state index contributed by atoms with van der Waals surface area (Å²) in [6.45, 7) is 1.73. The Morgan fingerprint density at radius 2 is 2.00 bits per heavy atom. The fourth-order valence-electron chi connectivity index (χ4n) is 1.62. The van der Waals surface area contributed by atoms with Crippen molar-refractivity contribution in [1.82, 2.24) is 10.2 Å². The van der Waals surface area contributed by atoms with Crippen LogP contribution in [0.25, 0.3) is 0 Å². The van der Waals surface area contributed by atoms with E-state index < -0.39 is 0 Å². The summed E-state index contributed by atoms with van der Waals surface area (Å²) in [7, 11) is 1.76. The van der Waals surface area contributed by atoms with E-state index in [1.165, 1.54) is 0 Å². The first-order valence-electron chi connectivity index (χ1n) is 5.77. The Hall–Kier alpha value is -2.17. The van der Waals surface area contributed by atoms with Crippen LogP contribution in [0.15, 0.2) is 34.7 Å². The zero-order chi connectivity index (χ0) is 13.0. The van der Waals surface area contributed by atoms with Crippen molar-refractivity contribution in [3.05, 3.63) is 42.1 Å². The van der Waals surface area contributed by atoms with Crippen molar-refractivity contribution in [3.63, 3.8) is 0 Å². The summed E-state index contributed by atoms with van der Waals surface area (Å²) in [5.74, 6) is 1.05. The molecule has 0 aliphatic rings. The monoisotopic (exact) mass is 245 g/mol. The van der Waals surface area contributed by atoms with Gasteiger partial charge < -0.3 is 9.32 Å². The van der Waals surface area contributed by atoms with Crippen LogP contribution in [0.4, 0.5) is 5.69 Å². The molecule has 2 aromatic rings. The molecule has 0 N–H and O–H groups in total. The van der Waals surface area contributed by atoms with Crippen LogP contribution in [0.2, 0.25) is 0 Å². The van der Waals surface area contributed by atoms with Gasteiger partial charge in [0.25, 0.3) is 0 Å². The van der Waals surface area contributed by atoms with E-state index in [-0.39, 0.29) is 5.91 Å². The number of aromatic nitrogens is 2. The highest BCUT2D eigenvalue weighted by atomic mass is 16.4. The number of rotatable bonds is 4. The number of benzene rings is 1. The van der Waals surface area contributed by atoms with E-state index in [0.29, 0.717) is 24.6 Å². The van der Waals surface area contributed by atoms with Crippen LogP contribution in [-0.2, 0) is 11.2 Å². The molecule has 18 heavy (non-hydrogen) atoms. The molecule has 0 saturated carbocycles. The maximum Gasteiger partial charge on any atom is 0.227 e. The van der Waals surface area contributed by atoms with Crippen molar-refractivity contribution in [2.45, 2.75) is 19.8 Å². The second-order valence-electron chi connectivity index (χ2n) is 4.00. The Morgan fingerprint density at radius 3 is 2.61 bits per heavy atom. The van der Waals surface area contributed by atoms with Crippen LogP contribution < -0.4 is 4.90 Å². The summed E-state index contributed by atoms with van der Waals surface area (Å²) < 4.78 is 5.23. The molecule has 0 spiro atoms. The van der Waals surface area contributed by atoms with E-state index in [9.17, 15) is 4.79 Å². The van der Waals surface area contributed by atoms with Crippen LogP contribution in [0.1, 0.15) is 18.2 Å². The van der Waals surface area contributed by atoms with Crippen molar-refractivity contribution in [2.75, 3.05) is 11.9 Å². The highest BCUT2D eigenvalue weighted by Gasteiger charge is 2.12. The molecule has 1 aromatic heterocycles. The lowest BCUT2D eigenvalue weighted by Crippen LogP contribution is -2.26. The Labute approximate surface area is 105 Å². The van der Waals surface area contributed by atoms with Crippen molar-refractivity contribution in [1.29, 1.82) is 0 Å². The van der Waals surface area contributed by atoms with E-state index >= 15 is 0 Å². The number of aryl methyl sites for hydroxylation is 2. The van der Waals surface area contributed by atoms with Gasteiger partial charge >= 0.3 is 0 Å². The zero-order valence-corrected chi connectivity index (χ0v) is 10.5. The average molecular weight is 245 g/mol. The molecule has 0 unspecified atom stereocenters. The smallest absolute Gasteiger partial charge is 0.227 e. The van der Waals surface area contributed by atoms with Gasteiger partial charge in [-0.25, -0.2) is 0 Å². The summed E-state index contributed by atoms with van der Waals surface area (Å²) in [4.78, 5) is 13.6. The van der Waals surface area contributed by atoms with Gasteiger partial charge in [-0.05, 0) is 12.1 Å². The second-order valence-corrected chi connectivity index (χ2v) is 4.00. The topological polar surface area (TPSA) is 59.2 Å². The molecule has 0 fully saturated rings. The molecule has 1 heterocycles. The van der Waals surface area contributed by atoms with Gasteiger partial charge in [0.1, 0.15) is 0 Å². The Morgan fingerprint density at radius 1 is 1.28 bits per heavy atom. The number of anilines is 1. The first-order chi connectivity index (χ1) is 8.66. The van der Waals surface area contributed by atoms with Gasteiger partial charge in [0.05, 0.1) is 0 Å². The standard InChI is InChI=1S/C13H15N3O2/c1-10-14-15-12(18-10)8-9-13(17)16(2)11-6-4-3-5-7-11/h3-7H,8-9H2,1-2H3. The number of hydrogen-bond donors (Lipinski definition) is 0. The molecule has 94 valence electrons. The predicted molar refractivity (Wildman–Crippen MR) is 67.2 cm³/mol. The van der Waals surface area contributed by atoms with Crippen molar-refractivity contribution < 1.29 is 9.21 Å². The number of nitrogens with zero attached hydrogens (tertiary/aromatic N) is 3. The van der Waals surface area contributed by atoms with Crippen LogP contribution in [0.5, 0.6) is 0 Å². The molecule has 1 amide bonds. The van der Waals surface area contributed by atoms with E-state index in [0.717, 1.165) is 5.69 Å². The molecule has 0 saturated heterocycles. The molecule has 0 radical (unpaired) electrons. The average Bonchev–Trinajstić information content (AvgIpc) is 2.82. The minimum atomic E-state index is 0.0250. The normalized spacial score (nSPS) is 10.3. The number of amides is 1. The van der Waals surface area contributed by atoms with Crippen molar-refractivity contribution in [2.24, 2.45) is 0 Å². The van der Waals surface area contributed by atoms with Crippen molar-refractivity contribution in [3.8, 4) is 0 Å². The summed E-state index contributed by atoms with van der Waals surface area (Å²) in [5.41, 5.74) is 0.879. The molecular formula is C13H15N3O2. The van der Waals surface area contributed by atoms with Crippen LogP contribution in [0, 0.1) is 6.92 Å². The zero-order valence-electron chi connectivity index (χ0n) is 10.5. The van der Waals surface area contributed by atoms with Crippen molar-refractivity contribution >= 4 is 11.6 Å². The fourth-order valence-corrected chi connectivity index (χ4v) is 1.62. The quantitative estimate of drug-likeness (QED) is 0.826. The van der Waals surface area contributed by atoms with E-state index in [1.54, 1.807) is 18.9 Å². The molecule has 2 rings (SSSR count). The van der Waals surface area contributed by atoms with Gasteiger partial charge in [0.2, 0.25) is 17.7 Å². The third kappa shape index (κ3) is 2.94. The summed E-state index contributed by atoms with van der Waals surface area (Å²) in [5, 5.41) is 7.59. The van der Waals surface area contributed by atoms with Gasteiger partial charge in [-0.3, -0.25) is 4.79 Å². The first kappa shape index (κ1) is 12.3. The van der Waals surface area contributed by atoms with Gasteiger partial charge in [-0.1, -0.05) is 18.2 Å². The van der Waals surface area contributed by atoms with Gasteiger partial charge in [-0.15, -0.1) is 10.2 Å². The maximum absolute atomic E-state index is 12.0. The molecular weight excluding hydrogens is 230 g/mol. The van der Waals surface area contributed by atoms with E-state index in [1.807, 2.05) is 30.3 Å². The number of para-hydroxylation sites is 1. The summed E-state index contributed by atoms with van der Waals surface area (Å²) >= 11 is 0. The lowest BCUT2D eigenvalue weighted by molar-refractivity contribution is -0.118. The molecule has 0 atom stereocenters. The Bertz CT molecular complexity index is 522. The summed E-state index contributed by atoms with van der Waals surface area (Å²) in [6, 6.07) is 9.52. The Balaban J connectivity index is 1.92. The lowest BCUT2D eigenvalue weighted by atomic mass is 10.2. The van der Waals surface area contributed by atoms with Gasteiger partial charge in [-0.2, -0.15) is 0 Å². The molecule has 5 nitrogen and oxygen atoms in total. The molecule has 5 heteroatoms. The van der Waals surface area contributed by atoms with Crippen LogP contribution in [0.3, 0.4) is 0 Å². The highest BCUT2D eigenvalue weighted by molar-refractivity contribution is 5.92. The Kier molecular flexibility index (Phi) is 3.72. The minimum Gasteiger partial charge on any atom is -0.426 e. The molecule has 0 bridgehead atoms. The van der Waals surface area contributed by atoms with Gasteiger partial charge in [0.15, 0.2) is 0 Å². The number of carbonyl (C=O) groups excluding carboxylic acids is 1. The van der Waals surface area contributed by atoms with Crippen LogP contribution in [-0.4, -0.2) is 23.2 Å². The van der Waals surface area contributed by atoms with Gasteiger partial charge in [0, 0.05) is 32.5 Å². The number of hydrogen-bond acceptors (Lipinski definition) is 4. The van der Waals surface area contributed by atoms with Crippen LogP contribution >= 0.6 is 0 Å². The first-order valence-corrected chi connectivity index (χ1v) is 5.77. The maximum atomic E-state index is 12.0. The summed E-state index contributed by atoms with van der Waals surface area (Å²) in [6.07, 6.45) is 0.823. The van der Waals surface area contributed by atoms with E-state index in [4.69, 9.17) is 4.42 Å². The minimum absolute atomic E-state index is 0.0250. The predicted octanol–water partition coefficient (Wildman–Crippen LogP) is 1.97.